The highest BCUT2D eigenvalue weighted by Gasteiger charge is 2.28. The molecule has 0 fully saturated rings. The second-order valence-corrected chi connectivity index (χ2v) is 16.5. The van der Waals surface area contributed by atoms with Crippen LogP contribution < -0.4 is 5.32 Å². The van der Waals surface area contributed by atoms with Gasteiger partial charge in [0.1, 0.15) is 12.2 Å². The highest BCUT2D eigenvalue weighted by molar-refractivity contribution is 5.80. The minimum Gasteiger partial charge on any atom is -0.394 e. The number of aliphatic hydroxyl groups is 4. The van der Waals surface area contributed by atoms with E-state index in [0.29, 0.717) is 12.8 Å². The molecule has 4 atom stereocenters. The van der Waals surface area contributed by atoms with Gasteiger partial charge in [-0.3, -0.25) is 4.79 Å². The molecule has 0 aromatic heterocycles. The molecule has 1 amide bonds. The smallest absolute Gasteiger partial charge is 0.249 e. The fourth-order valence-corrected chi connectivity index (χ4v) is 7.46. The molecule has 0 aliphatic rings. The first kappa shape index (κ1) is 52.0. The molecular weight excluding hydrogens is 659 g/mol. The molecular formula is C47H93NO5. The first-order valence-corrected chi connectivity index (χ1v) is 23.6. The Kier molecular flexibility index (Phi) is 41.4. The molecule has 6 heteroatoms. The number of aliphatic hydroxyl groups excluding tert-OH is 4. The van der Waals surface area contributed by atoms with E-state index in [1.165, 1.54) is 180 Å². The van der Waals surface area contributed by atoms with Crippen LogP contribution in [0.3, 0.4) is 0 Å². The van der Waals surface area contributed by atoms with Crippen LogP contribution in [-0.4, -0.2) is 57.3 Å². The maximum Gasteiger partial charge on any atom is 0.249 e. The summed E-state index contributed by atoms with van der Waals surface area (Å²) in [5.41, 5.74) is 0. The van der Waals surface area contributed by atoms with Crippen LogP contribution in [0.4, 0.5) is 0 Å². The summed E-state index contributed by atoms with van der Waals surface area (Å²) in [5, 5.41) is 43.8. The molecule has 4 unspecified atom stereocenters. The van der Waals surface area contributed by atoms with E-state index in [4.69, 9.17) is 0 Å². The Labute approximate surface area is 330 Å². The lowest BCUT2D eigenvalue weighted by molar-refractivity contribution is -0.132. The van der Waals surface area contributed by atoms with Gasteiger partial charge < -0.3 is 25.7 Å². The first-order valence-electron chi connectivity index (χ1n) is 23.6. The van der Waals surface area contributed by atoms with Crippen LogP contribution in [0.5, 0.6) is 0 Å². The zero-order valence-electron chi connectivity index (χ0n) is 35.5. The minimum absolute atomic E-state index is 0.365. The van der Waals surface area contributed by atoms with Gasteiger partial charge in [-0.05, 0) is 38.5 Å². The molecule has 0 aliphatic carbocycles. The topological polar surface area (TPSA) is 110 Å². The lowest BCUT2D eigenvalue weighted by atomic mass is 9.99. The van der Waals surface area contributed by atoms with Gasteiger partial charge in [-0.25, -0.2) is 0 Å². The second-order valence-electron chi connectivity index (χ2n) is 16.5. The normalized spacial score (nSPS) is 14.2. The summed E-state index contributed by atoms with van der Waals surface area (Å²) in [6.07, 6.45) is 46.7. The lowest BCUT2D eigenvalue weighted by Gasteiger charge is -2.27. The molecule has 0 rings (SSSR count). The Morgan fingerprint density at radius 1 is 0.453 bits per heavy atom. The number of nitrogens with one attached hydrogen (secondary N) is 1. The number of allylic oxidation sites excluding steroid dienone is 2. The fraction of sp³-hybridized carbons (Fsp3) is 0.936. The second kappa shape index (κ2) is 42.2. The van der Waals surface area contributed by atoms with Crippen LogP contribution >= 0.6 is 0 Å². The zero-order valence-corrected chi connectivity index (χ0v) is 35.5. The number of carbonyl (C=O) groups is 1. The summed E-state index contributed by atoms with van der Waals surface area (Å²) < 4.78 is 0. The summed E-state index contributed by atoms with van der Waals surface area (Å²) in [7, 11) is 0. The maximum absolute atomic E-state index is 12.5. The average molecular weight is 752 g/mol. The maximum atomic E-state index is 12.5. The van der Waals surface area contributed by atoms with Crippen molar-refractivity contribution in [3.63, 3.8) is 0 Å². The van der Waals surface area contributed by atoms with Crippen molar-refractivity contribution in [3.8, 4) is 0 Å². The van der Waals surface area contributed by atoms with Crippen LogP contribution in [0, 0.1) is 0 Å². The molecule has 0 bridgehead atoms. The standard InChI is InChI=1S/C47H93NO5/c1-3-5-7-9-11-13-15-17-19-21-22-23-25-27-29-31-33-35-37-39-41-45(51)47(53)48-43(42-49)46(52)44(50)40-38-36-34-32-30-28-26-24-20-18-16-14-12-10-8-6-4-2/h23,25,43-46,49-52H,3-22,24,26-42H2,1-2H3,(H,48,53)/b25-23-. The van der Waals surface area contributed by atoms with Crippen molar-refractivity contribution in [2.24, 2.45) is 0 Å². The number of amides is 1. The minimum atomic E-state index is -1.26. The third-order valence-electron chi connectivity index (χ3n) is 11.2. The Hall–Kier alpha value is -0.950. The molecule has 6 nitrogen and oxygen atoms in total. The van der Waals surface area contributed by atoms with E-state index in [1.54, 1.807) is 0 Å². The summed E-state index contributed by atoms with van der Waals surface area (Å²) in [4.78, 5) is 12.5. The van der Waals surface area contributed by atoms with Crippen molar-refractivity contribution in [1.82, 2.24) is 5.32 Å². The van der Waals surface area contributed by atoms with Crippen LogP contribution in [0.1, 0.15) is 251 Å². The predicted molar refractivity (Wildman–Crippen MR) is 228 cm³/mol. The Bertz CT molecular complexity index is 761. The number of hydrogen-bond donors (Lipinski definition) is 5. The molecule has 53 heavy (non-hydrogen) atoms. The molecule has 316 valence electrons. The van der Waals surface area contributed by atoms with E-state index in [9.17, 15) is 25.2 Å². The summed E-state index contributed by atoms with van der Waals surface area (Å²) in [5.74, 6) is -0.585. The number of unbranched alkanes of at least 4 members (excludes halogenated alkanes) is 32. The quantitative estimate of drug-likeness (QED) is 0.0315. The van der Waals surface area contributed by atoms with Crippen LogP contribution in [-0.2, 0) is 4.79 Å². The largest absolute Gasteiger partial charge is 0.394 e. The van der Waals surface area contributed by atoms with Gasteiger partial charge in [0.2, 0.25) is 5.91 Å². The van der Waals surface area contributed by atoms with Gasteiger partial charge in [0.15, 0.2) is 0 Å². The van der Waals surface area contributed by atoms with Crippen LogP contribution in [0.15, 0.2) is 12.2 Å². The van der Waals surface area contributed by atoms with Crippen molar-refractivity contribution < 1.29 is 25.2 Å². The Morgan fingerprint density at radius 3 is 1.09 bits per heavy atom. The van der Waals surface area contributed by atoms with E-state index >= 15 is 0 Å². The van der Waals surface area contributed by atoms with Gasteiger partial charge in [0, 0.05) is 0 Å². The van der Waals surface area contributed by atoms with Crippen LogP contribution in [0.25, 0.3) is 0 Å². The van der Waals surface area contributed by atoms with E-state index in [0.717, 1.165) is 44.9 Å². The molecule has 0 spiro atoms. The SMILES string of the molecule is CCCCCCCCCCCC/C=C\CCCCCCCCC(O)C(=O)NC(CO)C(O)C(O)CCCCCCCCCCCCCCCCCCC. The molecule has 5 N–H and O–H groups in total. The van der Waals surface area contributed by atoms with E-state index in [1.807, 2.05) is 0 Å². The first-order chi connectivity index (χ1) is 26.0. The van der Waals surface area contributed by atoms with Gasteiger partial charge >= 0.3 is 0 Å². The molecule has 0 aromatic rings. The van der Waals surface area contributed by atoms with Gasteiger partial charge in [-0.2, -0.15) is 0 Å². The Morgan fingerprint density at radius 2 is 0.755 bits per heavy atom. The molecule has 0 saturated heterocycles. The van der Waals surface area contributed by atoms with Gasteiger partial charge in [0.05, 0.1) is 18.8 Å². The molecule has 0 heterocycles. The lowest BCUT2D eigenvalue weighted by Crippen LogP contribution is -2.53. The Balaban J connectivity index is 3.70. The van der Waals surface area contributed by atoms with Gasteiger partial charge in [-0.15, -0.1) is 0 Å². The molecule has 0 aliphatic heterocycles. The van der Waals surface area contributed by atoms with E-state index in [2.05, 4.69) is 31.3 Å². The molecule has 0 radical (unpaired) electrons. The van der Waals surface area contributed by atoms with Crippen LogP contribution in [0.2, 0.25) is 0 Å². The fourth-order valence-electron chi connectivity index (χ4n) is 7.46. The molecule has 0 aromatic carbocycles. The van der Waals surface area contributed by atoms with Crippen molar-refractivity contribution >= 4 is 5.91 Å². The van der Waals surface area contributed by atoms with Gasteiger partial charge in [0.25, 0.3) is 0 Å². The zero-order chi connectivity index (χ0) is 38.9. The molecule has 0 saturated carbocycles. The van der Waals surface area contributed by atoms with Crippen molar-refractivity contribution in [1.29, 1.82) is 0 Å². The number of hydrogen-bond acceptors (Lipinski definition) is 5. The van der Waals surface area contributed by atoms with E-state index in [-0.39, 0.29) is 0 Å². The third-order valence-corrected chi connectivity index (χ3v) is 11.2. The van der Waals surface area contributed by atoms with Crippen molar-refractivity contribution in [2.45, 2.75) is 276 Å². The van der Waals surface area contributed by atoms with Crippen molar-refractivity contribution in [2.75, 3.05) is 6.61 Å². The van der Waals surface area contributed by atoms with Gasteiger partial charge in [-0.1, -0.05) is 225 Å². The van der Waals surface area contributed by atoms with E-state index < -0.39 is 36.9 Å². The number of carbonyl (C=O) groups excluding carboxylic acids is 1. The summed E-state index contributed by atoms with van der Waals surface area (Å²) >= 11 is 0. The monoisotopic (exact) mass is 752 g/mol. The van der Waals surface area contributed by atoms with Crippen molar-refractivity contribution in [3.05, 3.63) is 12.2 Å². The average Bonchev–Trinajstić information content (AvgIpc) is 3.16. The summed E-state index contributed by atoms with van der Waals surface area (Å²) in [6.45, 7) is 4.07. The summed E-state index contributed by atoms with van der Waals surface area (Å²) in [6, 6.07) is -0.984. The highest BCUT2D eigenvalue weighted by Crippen LogP contribution is 2.17. The highest BCUT2D eigenvalue weighted by atomic mass is 16.3. The predicted octanol–water partition coefficient (Wildman–Crippen LogP) is 12.6. The third kappa shape index (κ3) is 36.4. The number of rotatable bonds is 43.